The number of hydrogen-bond acceptors (Lipinski definition) is 3. The summed E-state index contributed by atoms with van der Waals surface area (Å²) in [6.45, 7) is 8.12. The lowest BCUT2D eigenvalue weighted by Gasteiger charge is -2.22. The molecule has 1 aromatic heterocycles. The molecule has 0 aromatic carbocycles. The Bertz CT molecular complexity index is 331. The van der Waals surface area contributed by atoms with Crippen molar-refractivity contribution in [2.45, 2.75) is 39.3 Å². The van der Waals surface area contributed by atoms with Gasteiger partial charge in [0.25, 0.3) is 0 Å². The number of hydrogen-bond donors (Lipinski definition) is 1. The Morgan fingerprint density at radius 3 is 2.69 bits per heavy atom. The first-order chi connectivity index (χ1) is 7.46. The van der Waals surface area contributed by atoms with Crippen molar-refractivity contribution in [1.29, 1.82) is 0 Å². The number of rotatable bonds is 6. The van der Waals surface area contributed by atoms with E-state index >= 15 is 0 Å². The van der Waals surface area contributed by atoms with Crippen molar-refractivity contribution in [3.63, 3.8) is 0 Å². The van der Waals surface area contributed by atoms with Crippen LogP contribution in [0.15, 0.2) is 6.20 Å². The third-order valence-electron chi connectivity index (χ3n) is 3.11. The average Bonchev–Trinajstić information content (AvgIpc) is 2.56. The fourth-order valence-electron chi connectivity index (χ4n) is 1.43. The van der Waals surface area contributed by atoms with E-state index in [1.54, 1.807) is 7.11 Å². The summed E-state index contributed by atoms with van der Waals surface area (Å²) in [4.78, 5) is 0. The summed E-state index contributed by atoms with van der Waals surface area (Å²) in [5, 5.41) is 7.62. The standard InChI is InChI=1S/C12H23N3O/c1-10-11(9-14-15(10)4)8-13-7-6-12(2,3)16-5/h9,13H,6-8H2,1-5H3. The van der Waals surface area contributed by atoms with Gasteiger partial charge in [0.05, 0.1) is 11.8 Å². The molecular formula is C12H23N3O. The minimum Gasteiger partial charge on any atom is -0.379 e. The van der Waals surface area contributed by atoms with Gasteiger partial charge in [0.1, 0.15) is 0 Å². The molecule has 0 amide bonds. The minimum atomic E-state index is -0.0447. The molecule has 0 saturated carbocycles. The van der Waals surface area contributed by atoms with E-state index in [1.165, 1.54) is 11.3 Å². The second kappa shape index (κ2) is 5.46. The van der Waals surface area contributed by atoms with Crippen molar-refractivity contribution >= 4 is 0 Å². The maximum absolute atomic E-state index is 5.36. The van der Waals surface area contributed by atoms with Crippen LogP contribution in [-0.4, -0.2) is 29.0 Å². The van der Waals surface area contributed by atoms with E-state index in [1.807, 2.05) is 17.9 Å². The van der Waals surface area contributed by atoms with Gasteiger partial charge in [0.2, 0.25) is 0 Å². The van der Waals surface area contributed by atoms with Gasteiger partial charge in [-0.3, -0.25) is 4.68 Å². The first-order valence-corrected chi connectivity index (χ1v) is 5.69. The van der Waals surface area contributed by atoms with Gasteiger partial charge in [0, 0.05) is 32.0 Å². The second-order valence-electron chi connectivity index (χ2n) is 4.77. The van der Waals surface area contributed by atoms with E-state index < -0.39 is 0 Å². The molecule has 0 aliphatic carbocycles. The molecule has 0 fully saturated rings. The van der Waals surface area contributed by atoms with Gasteiger partial charge in [-0.15, -0.1) is 0 Å². The molecule has 0 saturated heterocycles. The van der Waals surface area contributed by atoms with Crippen molar-refractivity contribution in [2.24, 2.45) is 7.05 Å². The third kappa shape index (κ3) is 3.61. The summed E-state index contributed by atoms with van der Waals surface area (Å²) in [5.41, 5.74) is 2.44. The van der Waals surface area contributed by atoms with Crippen LogP contribution in [0.5, 0.6) is 0 Å². The highest BCUT2D eigenvalue weighted by molar-refractivity contribution is 5.15. The number of nitrogens with one attached hydrogen (secondary N) is 1. The number of methoxy groups -OCH3 is 1. The van der Waals surface area contributed by atoms with Gasteiger partial charge >= 0.3 is 0 Å². The summed E-state index contributed by atoms with van der Waals surface area (Å²) in [6.07, 6.45) is 2.92. The largest absolute Gasteiger partial charge is 0.379 e. The van der Waals surface area contributed by atoms with Crippen molar-refractivity contribution in [3.8, 4) is 0 Å². The molecule has 0 bridgehead atoms. The van der Waals surface area contributed by atoms with E-state index in [9.17, 15) is 0 Å². The van der Waals surface area contributed by atoms with E-state index in [0.29, 0.717) is 0 Å². The van der Waals surface area contributed by atoms with Crippen LogP contribution in [0, 0.1) is 6.92 Å². The fourth-order valence-corrected chi connectivity index (χ4v) is 1.43. The topological polar surface area (TPSA) is 39.1 Å². The molecule has 0 aliphatic rings. The summed E-state index contributed by atoms with van der Waals surface area (Å²) in [7, 11) is 3.72. The first kappa shape index (κ1) is 13.2. The highest BCUT2D eigenvalue weighted by atomic mass is 16.5. The number of aromatic nitrogens is 2. The Kier molecular flexibility index (Phi) is 4.50. The molecule has 4 nitrogen and oxygen atoms in total. The summed E-state index contributed by atoms with van der Waals surface area (Å²) < 4.78 is 7.26. The van der Waals surface area contributed by atoms with Gasteiger partial charge in [-0.25, -0.2) is 0 Å². The van der Waals surface area contributed by atoms with Crippen molar-refractivity contribution in [3.05, 3.63) is 17.5 Å². The minimum absolute atomic E-state index is 0.0447. The molecule has 4 heteroatoms. The predicted molar refractivity (Wildman–Crippen MR) is 65.4 cm³/mol. The number of nitrogens with zero attached hydrogens (tertiary/aromatic N) is 2. The Morgan fingerprint density at radius 1 is 1.50 bits per heavy atom. The lowest BCUT2D eigenvalue weighted by molar-refractivity contribution is 0.0158. The Labute approximate surface area is 98.0 Å². The molecule has 0 spiro atoms. The van der Waals surface area contributed by atoms with Crippen molar-refractivity contribution in [2.75, 3.05) is 13.7 Å². The normalized spacial score (nSPS) is 12.1. The highest BCUT2D eigenvalue weighted by Crippen LogP contribution is 2.11. The number of aryl methyl sites for hydroxylation is 1. The Morgan fingerprint density at radius 2 is 2.19 bits per heavy atom. The maximum atomic E-state index is 5.36. The molecular weight excluding hydrogens is 202 g/mol. The van der Waals surface area contributed by atoms with E-state index in [-0.39, 0.29) is 5.60 Å². The smallest absolute Gasteiger partial charge is 0.0634 e. The van der Waals surface area contributed by atoms with Gasteiger partial charge in [-0.1, -0.05) is 0 Å². The van der Waals surface area contributed by atoms with E-state index in [2.05, 4.69) is 31.2 Å². The van der Waals surface area contributed by atoms with Crippen LogP contribution in [0.1, 0.15) is 31.5 Å². The zero-order chi connectivity index (χ0) is 12.2. The molecule has 1 rings (SSSR count). The van der Waals surface area contributed by atoms with Crippen LogP contribution in [-0.2, 0) is 18.3 Å². The molecule has 1 heterocycles. The van der Waals surface area contributed by atoms with Crippen LogP contribution >= 0.6 is 0 Å². The molecule has 0 atom stereocenters. The van der Waals surface area contributed by atoms with Gasteiger partial charge in [0.15, 0.2) is 0 Å². The van der Waals surface area contributed by atoms with Crippen LogP contribution in [0.2, 0.25) is 0 Å². The second-order valence-corrected chi connectivity index (χ2v) is 4.77. The van der Waals surface area contributed by atoms with Crippen molar-refractivity contribution in [1.82, 2.24) is 15.1 Å². The SMILES string of the molecule is COC(C)(C)CCNCc1cnn(C)c1C. The van der Waals surface area contributed by atoms with Crippen LogP contribution in [0.3, 0.4) is 0 Å². The average molecular weight is 225 g/mol. The van der Waals surface area contributed by atoms with Crippen LogP contribution in [0.25, 0.3) is 0 Å². The van der Waals surface area contributed by atoms with Gasteiger partial charge < -0.3 is 10.1 Å². The van der Waals surface area contributed by atoms with Gasteiger partial charge in [-0.05, 0) is 33.7 Å². The lowest BCUT2D eigenvalue weighted by Crippen LogP contribution is -2.28. The molecule has 0 unspecified atom stereocenters. The van der Waals surface area contributed by atoms with Gasteiger partial charge in [-0.2, -0.15) is 5.10 Å². The van der Waals surface area contributed by atoms with E-state index in [0.717, 1.165) is 19.5 Å². The van der Waals surface area contributed by atoms with Crippen LogP contribution < -0.4 is 5.32 Å². The Hall–Kier alpha value is -0.870. The zero-order valence-corrected chi connectivity index (χ0v) is 11.0. The summed E-state index contributed by atoms with van der Waals surface area (Å²) in [5.74, 6) is 0. The maximum Gasteiger partial charge on any atom is 0.0634 e. The molecule has 1 aromatic rings. The number of ether oxygens (including phenoxy) is 1. The highest BCUT2D eigenvalue weighted by Gasteiger charge is 2.15. The lowest BCUT2D eigenvalue weighted by atomic mass is 10.1. The molecule has 92 valence electrons. The molecule has 0 radical (unpaired) electrons. The third-order valence-corrected chi connectivity index (χ3v) is 3.11. The molecule has 0 aliphatic heterocycles. The Balaban J connectivity index is 2.29. The molecule has 16 heavy (non-hydrogen) atoms. The van der Waals surface area contributed by atoms with E-state index in [4.69, 9.17) is 4.74 Å². The monoisotopic (exact) mass is 225 g/mol. The predicted octanol–water partition coefficient (Wildman–Crippen LogP) is 1.63. The zero-order valence-electron chi connectivity index (χ0n) is 11.0. The first-order valence-electron chi connectivity index (χ1n) is 5.69. The quantitative estimate of drug-likeness (QED) is 0.748. The summed E-state index contributed by atoms with van der Waals surface area (Å²) >= 11 is 0. The summed E-state index contributed by atoms with van der Waals surface area (Å²) in [6, 6.07) is 0. The van der Waals surface area contributed by atoms with Crippen LogP contribution in [0.4, 0.5) is 0 Å². The van der Waals surface area contributed by atoms with Crippen molar-refractivity contribution < 1.29 is 4.74 Å². The molecule has 1 N–H and O–H groups in total. The fraction of sp³-hybridized carbons (Fsp3) is 0.750.